The fourth-order valence-corrected chi connectivity index (χ4v) is 2.87. The molecule has 7 heteroatoms. The van der Waals surface area contributed by atoms with E-state index in [9.17, 15) is 8.42 Å². The van der Waals surface area contributed by atoms with Gasteiger partial charge in [0.05, 0.1) is 22.6 Å². The predicted molar refractivity (Wildman–Crippen MR) is 67.6 cm³/mol. The lowest BCUT2D eigenvalue weighted by atomic mass is 10.4. The molecular weight excluding hydrogens is 280 g/mol. The van der Waals surface area contributed by atoms with Gasteiger partial charge < -0.3 is 0 Å². The van der Waals surface area contributed by atoms with Crippen LogP contribution in [-0.4, -0.2) is 13.4 Å². The van der Waals surface area contributed by atoms with E-state index in [2.05, 4.69) is 9.71 Å². The van der Waals surface area contributed by atoms with E-state index in [0.717, 1.165) is 0 Å². The molecule has 17 heavy (non-hydrogen) atoms. The highest BCUT2D eigenvalue weighted by molar-refractivity contribution is 7.89. The Kier molecular flexibility index (Phi) is 3.78. The molecule has 0 aliphatic carbocycles. The van der Waals surface area contributed by atoms with Crippen LogP contribution in [0.1, 0.15) is 5.69 Å². The fourth-order valence-electron chi connectivity index (χ4n) is 1.19. The van der Waals surface area contributed by atoms with Crippen LogP contribution in [0.3, 0.4) is 0 Å². The van der Waals surface area contributed by atoms with E-state index in [4.69, 9.17) is 11.6 Å². The summed E-state index contributed by atoms with van der Waals surface area (Å²) in [5.74, 6) is 0. The van der Waals surface area contributed by atoms with E-state index >= 15 is 0 Å². The highest BCUT2D eigenvalue weighted by Gasteiger charge is 2.13. The monoisotopic (exact) mass is 288 g/mol. The number of halogens is 1. The number of nitrogens with one attached hydrogen (secondary N) is 1. The van der Waals surface area contributed by atoms with Gasteiger partial charge in [-0.1, -0.05) is 11.6 Å². The number of nitrogens with zero attached hydrogens (tertiary/aromatic N) is 1. The maximum Gasteiger partial charge on any atom is 0.240 e. The summed E-state index contributed by atoms with van der Waals surface area (Å²) in [5.41, 5.74) is 2.36. The molecule has 0 amide bonds. The van der Waals surface area contributed by atoms with Crippen LogP contribution in [0.2, 0.25) is 5.02 Å². The van der Waals surface area contributed by atoms with Gasteiger partial charge >= 0.3 is 0 Å². The minimum atomic E-state index is -3.50. The summed E-state index contributed by atoms with van der Waals surface area (Å²) in [6, 6.07) is 6.01. The molecule has 0 aliphatic heterocycles. The van der Waals surface area contributed by atoms with Crippen molar-refractivity contribution < 1.29 is 8.42 Å². The van der Waals surface area contributed by atoms with Crippen molar-refractivity contribution in [2.75, 3.05) is 0 Å². The van der Waals surface area contributed by atoms with Crippen molar-refractivity contribution >= 4 is 33.0 Å². The lowest BCUT2D eigenvalue weighted by molar-refractivity contribution is 0.580. The summed E-state index contributed by atoms with van der Waals surface area (Å²) in [5, 5.41) is 2.30. The van der Waals surface area contributed by atoms with Gasteiger partial charge in [-0.3, -0.25) is 0 Å². The predicted octanol–water partition coefficient (Wildman–Crippen LogP) is 2.28. The van der Waals surface area contributed by atoms with Crippen molar-refractivity contribution in [3.8, 4) is 0 Å². The molecule has 1 aromatic carbocycles. The molecule has 0 fully saturated rings. The van der Waals surface area contributed by atoms with E-state index < -0.39 is 10.0 Å². The third-order valence-electron chi connectivity index (χ3n) is 2.05. The second kappa shape index (κ2) is 5.14. The Labute approximate surface area is 108 Å². The Morgan fingerprint density at radius 3 is 2.59 bits per heavy atom. The minimum absolute atomic E-state index is 0.189. The first-order valence-electron chi connectivity index (χ1n) is 4.70. The van der Waals surface area contributed by atoms with Gasteiger partial charge in [0.25, 0.3) is 0 Å². The molecule has 2 aromatic rings. The van der Waals surface area contributed by atoms with Crippen LogP contribution in [0, 0.1) is 0 Å². The van der Waals surface area contributed by atoms with Crippen LogP contribution in [0.4, 0.5) is 0 Å². The summed E-state index contributed by atoms with van der Waals surface area (Å²) < 4.78 is 26.2. The van der Waals surface area contributed by atoms with E-state index in [-0.39, 0.29) is 11.4 Å². The Morgan fingerprint density at radius 2 is 2.00 bits per heavy atom. The Morgan fingerprint density at radius 1 is 1.29 bits per heavy atom. The smallest absolute Gasteiger partial charge is 0.240 e. The van der Waals surface area contributed by atoms with Gasteiger partial charge in [-0.05, 0) is 24.3 Å². The molecule has 1 N–H and O–H groups in total. The van der Waals surface area contributed by atoms with Crippen molar-refractivity contribution in [2.45, 2.75) is 11.4 Å². The number of aromatic nitrogens is 1. The van der Waals surface area contributed by atoms with Crippen LogP contribution in [-0.2, 0) is 16.6 Å². The first-order chi connectivity index (χ1) is 8.08. The zero-order valence-corrected chi connectivity index (χ0v) is 11.0. The minimum Gasteiger partial charge on any atom is -0.248 e. The molecule has 0 aliphatic rings. The number of hydrogen-bond acceptors (Lipinski definition) is 4. The van der Waals surface area contributed by atoms with E-state index in [0.29, 0.717) is 10.7 Å². The molecule has 1 aromatic heterocycles. The molecule has 0 spiro atoms. The van der Waals surface area contributed by atoms with Crippen molar-refractivity contribution in [3.05, 3.63) is 45.9 Å². The molecule has 0 bridgehead atoms. The third kappa shape index (κ3) is 3.26. The largest absolute Gasteiger partial charge is 0.248 e. The average molecular weight is 289 g/mol. The molecule has 2 rings (SSSR count). The summed E-state index contributed by atoms with van der Waals surface area (Å²) in [7, 11) is -3.50. The van der Waals surface area contributed by atoms with Gasteiger partial charge in [-0.25, -0.2) is 18.1 Å². The standard InChI is InChI=1S/C10H9ClN2O2S2/c11-8-1-3-10(4-2-8)17(14,15)13-5-9-6-16-7-12-9/h1-4,6-7,13H,5H2. The van der Waals surface area contributed by atoms with Gasteiger partial charge in [0.1, 0.15) is 0 Å². The zero-order chi connectivity index (χ0) is 12.3. The summed E-state index contributed by atoms with van der Waals surface area (Å²) in [6.07, 6.45) is 0. The highest BCUT2D eigenvalue weighted by Crippen LogP contribution is 2.14. The fraction of sp³-hybridized carbons (Fsp3) is 0.100. The number of benzene rings is 1. The molecule has 0 atom stereocenters. The Hall–Kier alpha value is -0.950. The van der Waals surface area contributed by atoms with Crippen molar-refractivity contribution in [2.24, 2.45) is 0 Å². The zero-order valence-electron chi connectivity index (χ0n) is 8.63. The van der Waals surface area contributed by atoms with Crippen LogP contribution in [0.25, 0.3) is 0 Å². The van der Waals surface area contributed by atoms with Gasteiger partial charge in [-0.15, -0.1) is 11.3 Å². The lowest BCUT2D eigenvalue weighted by Gasteiger charge is -2.05. The molecule has 0 saturated carbocycles. The van der Waals surface area contributed by atoms with Crippen molar-refractivity contribution in [1.82, 2.24) is 9.71 Å². The van der Waals surface area contributed by atoms with Gasteiger partial charge in [0.15, 0.2) is 0 Å². The number of sulfonamides is 1. The second-order valence-corrected chi connectivity index (χ2v) is 6.18. The molecule has 1 heterocycles. The Balaban J connectivity index is 2.11. The van der Waals surface area contributed by atoms with Gasteiger partial charge in [-0.2, -0.15) is 0 Å². The SMILES string of the molecule is O=S(=O)(NCc1cscn1)c1ccc(Cl)cc1. The highest BCUT2D eigenvalue weighted by atomic mass is 35.5. The first kappa shape index (κ1) is 12.5. The third-order valence-corrected chi connectivity index (χ3v) is 4.36. The summed E-state index contributed by atoms with van der Waals surface area (Å²) in [4.78, 5) is 4.19. The molecule has 0 saturated heterocycles. The van der Waals surface area contributed by atoms with Crippen LogP contribution < -0.4 is 4.72 Å². The quantitative estimate of drug-likeness (QED) is 0.939. The molecular formula is C10H9ClN2O2S2. The van der Waals surface area contributed by atoms with Crippen molar-refractivity contribution in [3.63, 3.8) is 0 Å². The van der Waals surface area contributed by atoms with E-state index in [1.165, 1.54) is 23.5 Å². The van der Waals surface area contributed by atoms with Crippen LogP contribution >= 0.6 is 22.9 Å². The second-order valence-electron chi connectivity index (χ2n) is 3.26. The number of rotatable bonds is 4. The Bertz CT molecular complexity index is 579. The average Bonchev–Trinajstić information content (AvgIpc) is 2.80. The summed E-state index contributed by atoms with van der Waals surface area (Å²) >= 11 is 7.12. The first-order valence-corrected chi connectivity index (χ1v) is 7.50. The normalized spacial score (nSPS) is 11.6. The van der Waals surface area contributed by atoms with Gasteiger partial charge in [0, 0.05) is 10.4 Å². The van der Waals surface area contributed by atoms with E-state index in [1.807, 2.05) is 0 Å². The molecule has 0 unspecified atom stereocenters. The molecule has 0 radical (unpaired) electrons. The maximum atomic E-state index is 11.9. The summed E-state index contributed by atoms with van der Waals surface area (Å²) in [6.45, 7) is 0.189. The number of thiazole rings is 1. The van der Waals surface area contributed by atoms with Crippen molar-refractivity contribution in [1.29, 1.82) is 0 Å². The van der Waals surface area contributed by atoms with Crippen LogP contribution in [0.5, 0.6) is 0 Å². The maximum absolute atomic E-state index is 11.9. The van der Waals surface area contributed by atoms with Gasteiger partial charge in [0.2, 0.25) is 10.0 Å². The lowest BCUT2D eigenvalue weighted by Crippen LogP contribution is -2.23. The molecule has 90 valence electrons. The van der Waals surface area contributed by atoms with E-state index in [1.54, 1.807) is 23.0 Å². The topological polar surface area (TPSA) is 59.1 Å². The molecule has 4 nitrogen and oxygen atoms in total. The number of hydrogen-bond donors (Lipinski definition) is 1. The van der Waals surface area contributed by atoms with Crippen LogP contribution in [0.15, 0.2) is 40.1 Å².